The van der Waals surface area contributed by atoms with E-state index in [2.05, 4.69) is 24.3 Å². The summed E-state index contributed by atoms with van der Waals surface area (Å²) in [5.41, 5.74) is 4.22. The minimum atomic E-state index is -0.293. The molecule has 108 valence electrons. The number of aryl methyl sites for hydroxylation is 1. The number of hydrogen-bond acceptors (Lipinski definition) is 3. The van der Waals surface area contributed by atoms with Gasteiger partial charge in [0.25, 0.3) is 5.91 Å². The van der Waals surface area contributed by atoms with Crippen LogP contribution in [0.5, 0.6) is 0 Å². The number of imidazole rings is 1. The fourth-order valence-corrected chi connectivity index (χ4v) is 2.59. The number of carbonyl (C=O) groups is 1. The van der Waals surface area contributed by atoms with Gasteiger partial charge in [-0.25, -0.2) is 10.8 Å². The predicted molar refractivity (Wildman–Crippen MR) is 80.0 cm³/mol. The van der Waals surface area contributed by atoms with Crippen molar-refractivity contribution in [2.24, 2.45) is 5.84 Å². The summed E-state index contributed by atoms with van der Waals surface area (Å²) in [5.74, 6) is 6.14. The van der Waals surface area contributed by atoms with Crippen LogP contribution in [-0.4, -0.2) is 15.5 Å². The van der Waals surface area contributed by atoms with Gasteiger partial charge in [-0.15, -0.1) is 0 Å². The van der Waals surface area contributed by atoms with Gasteiger partial charge in [0.2, 0.25) is 0 Å². The van der Waals surface area contributed by atoms with E-state index in [0.29, 0.717) is 0 Å². The SMILES string of the molecule is CCCc1nc2ccccc2n1C(CCC)C(=O)NN. The van der Waals surface area contributed by atoms with Gasteiger partial charge in [0, 0.05) is 6.42 Å². The highest BCUT2D eigenvalue weighted by Gasteiger charge is 2.23. The lowest BCUT2D eigenvalue weighted by molar-refractivity contribution is -0.124. The van der Waals surface area contributed by atoms with Crippen molar-refractivity contribution in [1.82, 2.24) is 15.0 Å². The average Bonchev–Trinajstić information content (AvgIpc) is 2.82. The quantitative estimate of drug-likeness (QED) is 0.482. The summed E-state index contributed by atoms with van der Waals surface area (Å²) in [6.45, 7) is 4.18. The van der Waals surface area contributed by atoms with E-state index in [1.165, 1.54) is 0 Å². The Labute approximate surface area is 119 Å². The van der Waals surface area contributed by atoms with Crippen LogP contribution in [0.1, 0.15) is 45.0 Å². The first-order valence-corrected chi connectivity index (χ1v) is 7.19. The van der Waals surface area contributed by atoms with Gasteiger partial charge in [-0.05, 0) is 25.0 Å². The molecule has 1 atom stereocenters. The van der Waals surface area contributed by atoms with Crippen molar-refractivity contribution in [3.8, 4) is 0 Å². The Hall–Kier alpha value is -1.88. The third-order valence-corrected chi connectivity index (χ3v) is 3.46. The smallest absolute Gasteiger partial charge is 0.256 e. The number of nitrogens with two attached hydrogens (primary N) is 1. The zero-order valence-corrected chi connectivity index (χ0v) is 12.1. The summed E-state index contributed by atoms with van der Waals surface area (Å²) in [5, 5.41) is 0. The van der Waals surface area contributed by atoms with Crippen LogP contribution in [-0.2, 0) is 11.2 Å². The van der Waals surface area contributed by atoms with Crippen LogP contribution in [0.2, 0.25) is 0 Å². The molecule has 0 aliphatic rings. The second-order valence-corrected chi connectivity index (χ2v) is 4.95. The van der Waals surface area contributed by atoms with E-state index >= 15 is 0 Å². The Morgan fingerprint density at radius 2 is 2.10 bits per heavy atom. The predicted octanol–water partition coefficient (Wildman–Crippen LogP) is 2.32. The molecular formula is C15H22N4O. The monoisotopic (exact) mass is 274 g/mol. The van der Waals surface area contributed by atoms with E-state index in [1.54, 1.807) is 0 Å². The molecule has 0 radical (unpaired) electrons. The summed E-state index contributed by atoms with van der Waals surface area (Å²) in [4.78, 5) is 16.8. The summed E-state index contributed by atoms with van der Waals surface area (Å²) in [6.07, 6.45) is 3.51. The molecule has 0 bridgehead atoms. The van der Waals surface area contributed by atoms with E-state index < -0.39 is 0 Å². The summed E-state index contributed by atoms with van der Waals surface area (Å²) < 4.78 is 2.05. The number of carbonyl (C=O) groups excluding carboxylic acids is 1. The van der Waals surface area contributed by atoms with Crippen LogP contribution in [0.3, 0.4) is 0 Å². The minimum Gasteiger partial charge on any atom is -0.315 e. The number of para-hydroxylation sites is 2. The number of aromatic nitrogens is 2. The number of fused-ring (bicyclic) bond motifs is 1. The first-order chi connectivity index (χ1) is 9.72. The number of nitrogens with one attached hydrogen (secondary N) is 1. The fraction of sp³-hybridized carbons (Fsp3) is 0.467. The molecule has 1 amide bonds. The summed E-state index contributed by atoms with van der Waals surface area (Å²) in [7, 11) is 0. The van der Waals surface area contributed by atoms with Crippen molar-refractivity contribution in [2.75, 3.05) is 0 Å². The molecule has 0 saturated heterocycles. The van der Waals surface area contributed by atoms with Crippen molar-refractivity contribution in [3.05, 3.63) is 30.1 Å². The Balaban J connectivity index is 2.58. The molecule has 1 unspecified atom stereocenters. The third-order valence-electron chi connectivity index (χ3n) is 3.46. The molecule has 3 N–H and O–H groups in total. The molecule has 1 aromatic heterocycles. The molecule has 0 aliphatic heterocycles. The molecule has 5 nitrogen and oxygen atoms in total. The van der Waals surface area contributed by atoms with Gasteiger partial charge in [-0.1, -0.05) is 32.4 Å². The fourth-order valence-electron chi connectivity index (χ4n) is 2.59. The highest BCUT2D eigenvalue weighted by atomic mass is 16.2. The molecule has 0 fully saturated rings. The molecule has 0 aliphatic carbocycles. The number of hydrogen-bond donors (Lipinski definition) is 2. The van der Waals surface area contributed by atoms with Crippen LogP contribution in [0.4, 0.5) is 0 Å². The topological polar surface area (TPSA) is 72.9 Å². The number of rotatable bonds is 6. The van der Waals surface area contributed by atoms with Crippen LogP contribution < -0.4 is 11.3 Å². The maximum absolute atomic E-state index is 12.1. The lowest BCUT2D eigenvalue weighted by Crippen LogP contribution is -2.37. The zero-order valence-electron chi connectivity index (χ0n) is 12.1. The molecule has 5 heteroatoms. The molecule has 0 saturated carbocycles. The minimum absolute atomic E-state index is 0.160. The van der Waals surface area contributed by atoms with Gasteiger partial charge in [-0.3, -0.25) is 10.2 Å². The molecule has 0 spiro atoms. The van der Waals surface area contributed by atoms with Gasteiger partial charge in [-0.2, -0.15) is 0 Å². The first-order valence-electron chi connectivity index (χ1n) is 7.19. The van der Waals surface area contributed by atoms with Crippen molar-refractivity contribution in [2.45, 2.75) is 45.6 Å². The molecule has 1 aromatic carbocycles. The van der Waals surface area contributed by atoms with Gasteiger partial charge < -0.3 is 4.57 Å². The second kappa shape index (κ2) is 6.52. The number of benzene rings is 1. The van der Waals surface area contributed by atoms with E-state index in [4.69, 9.17) is 5.84 Å². The maximum atomic E-state index is 12.1. The van der Waals surface area contributed by atoms with E-state index in [1.807, 2.05) is 28.8 Å². The van der Waals surface area contributed by atoms with Crippen LogP contribution in [0, 0.1) is 0 Å². The largest absolute Gasteiger partial charge is 0.315 e. The Morgan fingerprint density at radius 3 is 2.75 bits per heavy atom. The van der Waals surface area contributed by atoms with Gasteiger partial charge in [0.15, 0.2) is 0 Å². The zero-order chi connectivity index (χ0) is 14.5. The van der Waals surface area contributed by atoms with Crippen LogP contribution >= 0.6 is 0 Å². The maximum Gasteiger partial charge on any atom is 0.256 e. The molecule has 1 heterocycles. The summed E-state index contributed by atoms with van der Waals surface area (Å²) in [6, 6.07) is 7.63. The highest BCUT2D eigenvalue weighted by molar-refractivity contribution is 5.84. The van der Waals surface area contributed by atoms with E-state index in [-0.39, 0.29) is 11.9 Å². The Morgan fingerprint density at radius 1 is 1.35 bits per heavy atom. The van der Waals surface area contributed by atoms with E-state index in [9.17, 15) is 4.79 Å². The first kappa shape index (κ1) is 14.5. The Bertz CT molecular complexity index is 591. The van der Waals surface area contributed by atoms with Crippen molar-refractivity contribution >= 4 is 16.9 Å². The summed E-state index contributed by atoms with van der Waals surface area (Å²) >= 11 is 0. The van der Waals surface area contributed by atoms with Gasteiger partial charge in [0.1, 0.15) is 11.9 Å². The molecule has 2 aromatic rings. The Kier molecular flexibility index (Phi) is 4.74. The lowest BCUT2D eigenvalue weighted by atomic mass is 10.1. The number of hydrazine groups is 1. The highest BCUT2D eigenvalue weighted by Crippen LogP contribution is 2.25. The van der Waals surface area contributed by atoms with Crippen molar-refractivity contribution in [3.63, 3.8) is 0 Å². The van der Waals surface area contributed by atoms with E-state index in [0.717, 1.165) is 42.5 Å². The van der Waals surface area contributed by atoms with Crippen molar-refractivity contribution < 1.29 is 4.79 Å². The van der Waals surface area contributed by atoms with Crippen LogP contribution in [0.15, 0.2) is 24.3 Å². The molecule has 2 rings (SSSR count). The third kappa shape index (κ3) is 2.67. The second-order valence-electron chi connectivity index (χ2n) is 4.95. The van der Waals surface area contributed by atoms with Crippen LogP contribution in [0.25, 0.3) is 11.0 Å². The molecule has 20 heavy (non-hydrogen) atoms. The number of amides is 1. The lowest BCUT2D eigenvalue weighted by Gasteiger charge is -2.19. The van der Waals surface area contributed by atoms with Gasteiger partial charge >= 0.3 is 0 Å². The standard InChI is InChI=1S/C15H22N4O/c1-3-7-13(15(20)18-16)19-12-10-6-5-9-11(12)17-14(19)8-4-2/h5-6,9-10,13H,3-4,7-8,16H2,1-2H3,(H,18,20). The van der Waals surface area contributed by atoms with Gasteiger partial charge in [0.05, 0.1) is 11.0 Å². The molecular weight excluding hydrogens is 252 g/mol. The normalized spacial score (nSPS) is 12.6. The number of nitrogens with zero attached hydrogens (tertiary/aromatic N) is 2. The average molecular weight is 274 g/mol. The van der Waals surface area contributed by atoms with Crippen molar-refractivity contribution in [1.29, 1.82) is 0 Å².